The topological polar surface area (TPSA) is 40.5 Å². The van der Waals surface area contributed by atoms with Crippen LogP contribution in [0.1, 0.15) is 36.8 Å². The molecule has 1 N–H and O–H groups in total. The van der Waals surface area contributed by atoms with Gasteiger partial charge in [0.05, 0.1) is 0 Å². The molecule has 1 fully saturated rings. The van der Waals surface area contributed by atoms with E-state index in [1.54, 1.807) is 6.08 Å². The van der Waals surface area contributed by atoms with Gasteiger partial charge in [0.2, 0.25) is 0 Å². The third-order valence-corrected chi connectivity index (χ3v) is 3.83. The van der Waals surface area contributed by atoms with Crippen molar-refractivity contribution in [3.8, 4) is 0 Å². The highest BCUT2D eigenvalue weighted by atomic mass is 16.4. The number of nitrogens with zero attached hydrogens (tertiary/aromatic N) is 1. The Morgan fingerprint density at radius 3 is 2.74 bits per heavy atom. The van der Waals surface area contributed by atoms with Crippen molar-refractivity contribution in [3.05, 3.63) is 41.5 Å². The molecule has 1 aromatic rings. The van der Waals surface area contributed by atoms with Gasteiger partial charge in [0, 0.05) is 18.7 Å². The third kappa shape index (κ3) is 3.93. The molecule has 3 nitrogen and oxygen atoms in total. The van der Waals surface area contributed by atoms with E-state index in [4.69, 9.17) is 5.11 Å². The quantitative estimate of drug-likeness (QED) is 0.826. The molecule has 0 bridgehead atoms. The SMILES string of the molecule is CN(Cc1ccccc1/C=C/C(=O)O)C1CCCC1. The monoisotopic (exact) mass is 259 g/mol. The molecule has 1 aliphatic rings. The van der Waals surface area contributed by atoms with E-state index in [0.717, 1.165) is 12.1 Å². The fourth-order valence-corrected chi connectivity index (χ4v) is 2.74. The Hall–Kier alpha value is -1.61. The summed E-state index contributed by atoms with van der Waals surface area (Å²) in [6.07, 6.45) is 8.10. The number of hydrogen-bond donors (Lipinski definition) is 1. The molecule has 0 amide bonds. The van der Waals surface area contributed by atoms with Crippen LogP contribution in [0.3, 0.4) is 0 Å². The summed E-state index contributed by atoms with van der Waals surface area (Å²) in [5, 5.41) is 8.72. The van der Waals surface area contributed by atoms with Crippen molar-refractivity contribution in [2.24, 2.45) is 0 Å². The van der Waals surface area contributed by atoms with Crippen LogP contribution < -0.4 is 0 Å². The van der Waals surface area contributed by atoms with Gasteiger partial charge in [-0.25, -0.2) is 4.79 Å². The van der Waals surface area contributed by atoms with E-state index in [1.807, 2.05) is 18.2 Å². The second kappa shape index (κ2) is 6.53. The first kappa shape index (κ1) is 13.8. The second-order valence-electron chi connectivity index (χ2n) is 5.22. The normalized spacial score (nSPS) is 16.5. The Morgan fingerprint density at radius 1 is 1.37 bits per heavy atom. The van der Waals surface area contributed by atoms with Gasteiger partial charge in [-0.15, -0.1) is 0 Å². The van der Waals surface area contributed by atoms with E-state index in [1.165, 1.54) is 37.3 Å². The van der Waals surface area contributed by atoms with E-state index >= 15 is 0 Å². The largest absolute Gasteiger partial charge is 0.478 e. The minimum absolute atomic E-state index is 0.677. The van der Waals surface area contributed by atoms with Gasteiger partial charge < -0.3 is 5.11 Å². The van der Waals surface area contributed by atoms with Crippen molar-refractivity contribution in [2.75, 3.05) is 7.05 Å². The minimum atomic E-state index is -0.904. The second-order valence-corrected chi connectivity index (χ2v) is 5.22. The van der Waals surface area contributed by atoms with Crippen molar-refractivity contribution in [1.29, 1.82) is 0 Å². The van der Waals surface area contributed by atoms with Crippen LogP contribution in [0.25, 0.3) is 6.08 Å². The van der Waals surface area contributed by atoms with Crippen molar-refractivity contribution >= 4 is 12.0 Å². The highest BCUT2D eigenvalue weighted by Crippen LogP contribution is 2.24. The summed E-state index contributed by atoms with van der Waals surface area (Å²) in [6.45, 7) is 0.880. The standard InChI is InChI=1S/C16H21NO2/c1-17(15-8-4-5-9-15)12-14-7-3-2-6-13(14)10-11-16(18)19/h2-3,6-7,10-11,15H,4-5,8-9,12H2,1H3,(H,18,19)/b11-10+. The molecule has 0 spiro atoms. The first-order valence-electron chi connectivity index (χ1n) is 6.86. The molecule has 1 aliphatic carbocycles. The molecule has 1 saturated carbocycles. The Kier molecular flexibility index (Phi) is 4.74. The van der Waals surface area contributed by atoms with Gasteiger partial charge >= 0.3 is 5.97 Å². The molecule has 0 unspecified atom stereocenters. The Bertz CT molecular complexity index is 462. The molecule has 3 heteroatoms. The molecule has 0 aromatic heterocycles. The van der Waals surface area contributed by atoms with Crippen LogP contribution in [0.4, 0.5) is 0 Å². The number of carbonyl (C=O) groups is 1. The van der Waals surface area contributed by atoms with Crippen molar-refractivity contribution in [3.63, 3.8) is 0 Å². The zero-order chi connectivity index (χ0) is 13.7. The maximum absolute atomic E-state index is 10.6. The van der Waals surface area contributed by atoms with E-state index in [0.29, 0.717) is 6.04 Å². The number of aliphatic carboxylic acids is 1. The van der Waals surface area contributed by atoms with Crippen molar-refractivity contribution in [2.45, 2.75) is 38.3 Å². The van der Waals surface area contributed by atoms with E-state index in [-0.39, 0.29) is 0 Å². The molecule has 102 valence electrons. The van der Waals surface area contributed by atoms with Crippen LogP contribution in [-0.4, -0.2) is 29.1 Å². The molecule has 0 heterocycles. The maximum Gasteiger partial charge on any atom is 0.328 e. The fraction of sp³-hybridized carbons (Fsp3) is 0.438. The van der Waals surface area contributed by atoms with Gasteiger partial charge in [-0.05, 0) is 37.1 Å². The third-order valence-electron chi connectivity index (χ3n) is 3.83. The highest BCUT2D eigenvalue weighted by Gasteiger charge is 2.19. The number of carboxylic acid groups (broad SMARTS) is 1. The predicted molar refractivity (Wildman–Crippen MR) is 76.8 cm³/mol. The van der Waals surface area contributed by atoms with Crippen molar-refractivity contribution < 1.29 is 9.90 Å². The molecule has 19 heavy (non-hydrogen) atoms. The van der Waals surface area contributed by atoms with Crippen LogP contribution in [-0.2, 0) is 11.3 Å². The molecule has 2 rings (SSSR count). The van der Waals surface area contributed by atoms with E-state index in [9.17, 15) is 4.79 Å². The number of hydrogen-bond acceptors (Lipinski definition) is 2. The molecular weight excluding hydrogens is 238 g/mol. The van der Waals surface area contributed by atoms with Crippen LogP contribution in [0, 0.1) is 0 Å². The van der Waals surface area contributed by atoms with Crippen LogP contribution in [0.15, 0.2) is 30.3 Å². The van der Waals surface area contributed by atoms with Gasteiger partial charge in [0.15, 0.2) is 0 Å². The summed E-state index contributed by atoms with van der Waals surface area (Å²) in [4.78, 5) is 13.0. The van der Waals surface area contributed by atoms with E-state index in [2.05, 4.69) is 18.0 Å². The average molecular weight is 259 g/mol. The van der Waals surface area contributed by atoms with Gasteiger partial charge in [0.25, 0.3) is 0 Å². The smallest absolute Gasteiger partial charge is 0.328 e. The fourth-order valence-electron chi connectivity index (χ4n) is 2.74. The lowest BCUT2D eigenvalue weighted by Gasteiger charge is -2.24. The highest BCUT2D eigenvalue weighted by molar-refractivity contribution is 5.85. The predicted octanol–water partition coefficient (Wildman–Crippen LogP) is 3.16. The van der Waals surface area contributed by atoms with Gasteiger partial charge in [-0.3, -0.25) is 4.90 Å². The van der Waals surface area contributed by atoms with Crippen LogP contribution >= 0.6 is 0 Å². The summed E-state index contributed by atoms with van der Waals surface area (Å²) in [5.74, 6) is -0.904. The molecule has 0 atom stereocenters. The summed E-state index contributed by atoms with van der Waals surface area (Å²) in [6, 6.07) is 8.68. The Morgan fingerprint density at radius 2 is 2.05 bits per heavy atom. The zero-order valence-corrected chi connectivity index (χ0v) is 11.4. The molecular formula is C16H21NO2. The molecule has 0 saturated heterocycles. The van der Waals surface area contributed by atoms with Crippen LogP contribution in [0.2, 0.25) is 0 Å². The summed E-state index contributed by atoms with van der Waals surface area (Å²) >= 11 is 0. The van der Waals surface area contributed by atoms with Crippen molar-refractivity contribution in [1.82, 2.24) is 4.90 Å². The zero-order valence-electron chi connectivity index (χ0n) is 11.4. The summed E-state index contributed by atoms with van der Waals surface area (Å²) < 4.78 is 0. The molecule has 0 radical (unpaired) electrons. The average Bonchev–Trinajstić information content (AvgIpc) is 2.91. The van der Waals surface area contributed by atoms with Gasteiger partial charge in [-0.2, -0.15) is 0 Å². The maximum atomic E-state index is 10.6. The lowest BCUT2D eigenvalue weighted by molar-refractivity contribution is -0.131. The van der Waals surface area contributed by atoms with Gasteiger partial charge in [0.1, 0.15) is 0 Å². The number of benzene rings is 1. The van der Waals surface area contributed by atoms with Crippen LogP contribution in [0.5, 0.6) is 0 Å². The lowest BCUT2D eigenvalue weighted by atomic mass is 10.1. The lowest BCUT2D eigenvalue weighted by Crippen LogP contribution is -2.28. The van der Waals surface area contributed by atoms with Gasteiger partial charge in [-0.1, -0.05) is 37.1 Å². The Labute approximate surface area is 114 Å². The summed E-state index contributed by atoms with van der Waals surface area (Å²) in [5.41, 5.74) is 2.18. The minimum Gasteiger partial charge on any atom is -0.478 e. The molecule has 1 aromatic carbocycles. The summed E-state index contributed by atoms with van der Waals surface area (Å²) in [7, 11) is 2.16. The Balaban J connectivity index is 2.08. The number of rotatable bonds is 5. The first-order chi connectivity index (χ1) is 9.16. The van der Waals surface area contributed by atoms with E-state index < -0.39 is 5.97 Å². The first-order valence-corrected chi connectivity index (χ1v) is 6.86. The molecule has 0 aliphatic heterocycles. The number of carboxylic acids is 1.